The summed E-state index contributed by atoms with van der Waals surface area (Å²) in [6, 6.07) is 5.97. The first-order valence-electron chi connectivity index (χ1n) is 7.94. The molecule has 3 rings (SSSR count). The van der Waals surface area contributed by atoms with Gasteiger partial charge >= 0.3 is 11.9 Å². The number of allylic oxidation sites excluding steroid dienone is 1. The van der Waals surface area contributed by atoms with Crippen LogP contribution in [0.15, 0.2) is 40.5 Å². The predicted octanol–water partition coefficient (Wildman–Crippen LogP) is 2.29. The van der Waals surface area contributed by atoms with Crippen LogP contribution >= 0.6 is 11.8 Å². The average molecular weight is 374 g/mol. The number of hydrogen-bond acceptors (Lipinski definition) is 7. The van der Waals surface area contributed by atoms with Gasteiger partial charge in [0.25, 0.3) is 0 Å². The molecule has 2 heterocycles. The molecule has 0 saturated carbocycles. The van der Waals surface area contributed by atoms with Gasteiger partial charge in [-0.1, -0.05) is 23.9 Å². The maximum absolute atomic E-state index is 12.7. The number of carbonyl (C=O) groups excluding carboxylic acids is 3. The molecule has 2 aliphatic rings. The summed E-state index contributed by atoms with van der Waals surface area (Å²) in [5.74, 6) is -1.11. The molecule has 0 unspecified atom stereocenters. The lowest BCUT2D eigenvalue weighted by atomic mass is 9.93. The summed E-state index contributed by atoms with van der Waals surface area (Å²) in [5.41, 5.74) is 1.90. The van der Waals surface area contributed by atoms with Crippen molar-refractivity contribution in [3.8, 4) is 0 Å². The Morgan fingerprint density at radius 2 is 1.73 bits per heavy atom. The molecule has 0 bridgehead atoms. The van der Waals surface area contributed by atoms with Crippen LogP contribution in [0.3, 0.4) is 0 Å². The maximum Gasteiger partial charge on any atom is 0.338 e. The van der Waals surface area contributed by atoms with Crippen LogP contribution in [0.4, 0.5) is 0 Å². The van der Waals surface area contributed by atoms with E-state index in [-0.39, 0.29) is 11.2 Å². The van der Waals surface area contributed by atoms with Crippen LogP contribution < -0.4 is 0 Å². The van der Waals surface area contributed by atoms with E-state index in [2.05, 4.69) is 4.99 Å². The summed E-state index contributed by atoms with van der Waals surface area (Å²) in [7, 11) is 2.60. The fourth-order valence-corrected chi connectivity index (χ4v) is 4.04. The number of nitrogens with zero attached hydrogens (tertiary/aromatic N) is 2. The fraction of sp³-hybridized carbons (Fsp3) is 0.333. The van der Waals surface area contributed by atoms with Crippen molar-refractivity contribution in [2.24, 2.45) is 4.99 Å². The second-order valence-electron chi connectivity index (χ2n) is 5.87. The number of ether oxygens (including phenoxy) is 2. The van der Waals surface area contributed by atoms with E-state index in [0.717, 1.165) is 0 Å². The zero-order valence-electron chi connectivity index (χ0n) is 14.8. The molecule has 1 saturated heterocycles. The van der Waals surface area contributed by atoms with Gasteiger partial charge in [-0.25, -0.2) is 14.6 Å². The van der Waals surface area contributed by atoms with E-state index in [4.69, 9.17) is 9.47 Å². The lowest BCUT2D eigenvalue weighted by molar-refractivity contribution is -0.137. The van der Waals surface area contributed by atoms with E-state index < -0.39 is 18.0 Å². The van der Waals surface area contributed by atoms with Crippen LogP contribution in [0.1, 0.15) is 35.8 Å². The smallest absolute Gasteiger partial charge is 0.338 e. The van der Waals surface area contributed by atoms with Crippen molar-refractivity contribution in [2.75, 3.05) is 14.2 Å². The molecule has 2 atom stereocenters. The van der Waals surface area contributed by atoms with Crippen molar-refractivity contribution in [3.05, 3.63) is 46.7 Å². The van der Waals surface area contributed by atoms with Crippen LogP contribution in [0, 0.1) is 0 Å². The minimum atomic E-state index is -0.647. The van der Waals surface area contributed by atoms with Gasteiger partial charge in [-0.05, 0) is 31.5 Å². The number of thioether (sulfide) groups is 1. The van der Waals surface area contributed by atoms with Crippen molar-refractivity contribution in [1.82, 2.24) is 4.90 Å². The van der Waals surface area contributed by atoms with Crippen LogP contribution in [0.5, 0.6) is 0 Å². The molecule has 0 aliphatic carbocycles. The lowest BCUT2D eigenvalue weighted by Gasteiger charge is -2.32. The first kappa shape index (κ1) is 18.2. The summed E-state index contributed by atoms with van der Waals surface area (Å²) < 4.78 is 9.62. The van der Waals surface area contributed by atoms with Crippen LogP contribution in [0.25, 0.3) is 0 Å². The van der Waals surface area contributed by atoms with Gasteiger partial charge in [0, 0.05) is 0 Å². The number of esters is 2. The standard InChI is InChI=1S/C18H18N2O5S/c1-9-13(17(23)25-4)14(20-15(21)10(2)26-18(20)19-9)11-5-7-12(8-6-11)16(22)24-3/h5-8,10,14H,1-4H3/t10-,14-/m0/s1. The van der Waals surface area contributed by atoms with Gasteiger partial charge in [0.1, 0.15) is 0 Å². The lowest BCUT2D eigenvalue weighted by Crippen LogP contribution is -2.40. The Morgan fingerprint density at radius 1 is 1.12 bits per heavy atom. The molecule has 0 radical (unpaired) electrons. The third-order valence-electron chi connectivity index (χ3n) is 4.31. The second-order valence-corrected chi connectivity index (χ2v) is 7.18. The SMILES string of the molecule is COC(=O)C1=C(C)N=C2S[C@@H](C)C(=O)N2[C@H]1c1ccc(C(=O)OC)cc1. The molecule has 8 heteroatoms. The Labute approximate surface area is 155 Å². The number of amidine groups is 1. The summed E-state index contributed by atoms with van der Waals surface area (Å²) in [4.78, 5) is 42.7. The Balaban J connectivity index is 2.11. The van der Waals surface area contributed by atoms with Crippen LogP contribution in [0.2, 0.25) is 0 Å². The molecule has 0 spiro atoms. The van der Waals surface area contributed by atoms with Crippen molar-refractivity contribution in [2.45, 2.75) is 25.1 Å². The summed E-state index contributed by atoms with van der Waals surface area (Å²) in [6.45, 7) is 3.53. The molecule has 0 N–H and O–H groups in total. The highest BCUT2D eigenvalue weighted by molar-refractivity contribution is 8.15. The molecule has 26 heavy (non-hydrogen) atoms. The Kier molecular flexibility index (Phi) is 4.86. The first-order chi connectivity index (χ1) is 12.4. The molecule has 1 aromatic rings. The second kappa shape index (κ2) is 6.95. The Hall–Kier alpha value is -2.61. The largest absolute Gasteiger partial charge is 0.466 e. The molecular weight excluding hydrogens is 356 g/mol. The van der Waals surface area contributed by atoms with Gasteiger partial charge in [-0.2, -0.15) is 0 Å². The van der Waals surface area contributed by atoms with Crippen LogP contribution in [-0.4, -0.2) is 47.4 Å². The summed E-state index contributed by atoms with van der Waals surface area (Å²) in [5, 5.41) is 0.282. The molecule has 0 aromatic heterocycles. The average Bonchev–Trinajstić information content (AvgIpc) is 2.93. The molecule has 2 aliphatic heterocycles. The topological polar surface area (TPSA) is 85.3 Å². The van der Waals surface area contributed by atoms with E-state index in [9.17, 15) is 14.4 Å². The molecular formula is C18H18N2O5S. The first-order valence-corrected chi connectivity index (χ1v) is 8.82. The highest BCUT2D eigenvalue weighted by Crippen LogP contribution is 2.43. The number of carbonyl (C=O) groups is 3. The Bertz CT molecular complexity index is 844. The predicted molar refractivity (Wildman–Crippen MR) is 96.6 cm³/mol. The third-order valence-corrected chi connectivity index (χ3v) is 5.37. The molecule has 136 valence electrons. The molecule has 7 nitrogen and oxygen atoms in total. The van der Waals surface area contributed by atoms with Gasteiger partial charge in [0.05, 0.1) is 42.3 Å². The van der Waals surface area contributed by atoms with Gasteiger partial charge in [0.2, 0.25) is 5.91 Å². The van der Waals surface area contributed by atoms with E-state index in [0.29, 0.717) is 27.6 Å². The van der Waals surface area contributed by atoms with E-state index in [1.54, 1.807) is 38.1 Å². The number of fused-ring (bicyclic) bond motifs is 1. The minimum Gasteiger partial charge on any atom is -0.466 e. The number of benzene rings is 1. The van der Waals surface area contributed by atoms with Gasteiger partial charge < -0.3 is 9.47 Å². The van der Waals surface area contributed by atoms with Crippen molar-refractivity contribution in [3.63, 3.8) is 0 Å². The highest BCUT2D eigenvalue weighted by Gasteiger charge is 2.46. The summed E-state index contributed by atoms with van der Waals surface area (Å²) >= 11 is 1.36. The van der Waals surface area contributed by atoms with E-state index >= 15 is 0 Å². The molecule has 1 aromatic carbocycles. The van der Waals surface area contributed by atoms with E-state index in [1.807, 2.05) is 0 Å². The zero-order chi connectivity index (χ0) is 19.0. The third kappa shape index (κ3) is 2.90. The monoisotopic (exact) mass is 374 g/mol. The van der Waals surface area contributed by atoms with Gasteiger partial charge in [-0.3, -0.25) is 9.69 Å². The molecule has 1 amide bonds. The normalized spacial score (nSPS) is 22.1. The number of aliphatic imine (C=N–C) groups is 1. The number of amides is 1. The van der Waals surface area contributed by atoms with E-state index in [1.165, 1.54) is 30.9 Å². The fourth-order valence-electron chi connectivity index (χ4n) is 3.01. The minimum absolute atomic E-state index is 0.121. The number of rotatable bonds is 3. The Morgan fingerprint density at radius 3 is 2.31 bits per heavy atom. The van der Waals surface area contributed by atoms with Crippen molar-refractivity contribution < 1.29 is 23.9 Å². The van der Waals surface area contributed by atoms with Crippen molar-refractivity contribution in [1.29, 1.82) is 0 Å². The van der Waals surface area contributed by atoms with Crippen molar-refractivity contribution >= 4 is 34.8 Å². The zero-order valence-corrected chi connectivity index (χ0v) is 15.6. The quantitative estimate of drug-likeness (QED) is 0.755. The summed E-state index contributed by atoms with van der Waals surface area (Å²) in [6.07, 6.45) is 0. The van der Waals surface area contributed by atoms with Gasteiger partial charge in [-0.15, -0.1) is 0 Å². The highest BCUT2D eigenvalue weighted by atomic mass is 32.2. The number of methoxy groups -OCH3 is 2. The maximum atomic E-state index is 12.7. The number of hydrogen-bond donors (Lipinski definition) is 0. The van der Waals surface area contributed by atoms with Gasteiger partial charge in [0.15, 0.2) is 5.17 Å². The molecule has 1 fully saturated rings. The van der Waals surface area contributed by atoms with Crippen LogP contribution in [-0.2, 0) is 19.1 Å².